The third-order valence-electron chi connectivity index (χ3n) is 4.76. The predicted molar refractivity (Wildman–Crippen MR) is 128 cm³/mol. The van der Waals surface area contributed by atoms with Gasteiger partial charge < -0.3 is 10.6 Å². The lowest BCUT2D eigenvalue weighted by Gasteiger charge is -2.26. The number of guanidine groups is 1. The van der Waals surface area contributed by atoms with E-state index in [4.69, 9.17) is 0 Å². The Kier molecular flexibility index (Phi) is 10.5. The zero-order valence-corrected chi connectivity index (χ0v) is 20.2. The molecule has 2 aromatic heterocycles. The minimum absolute atomic E-state index is 0. The number of aryl methyl sites for hydroxylation is 1. The fraction of sp³-hybridized carbons (Fsp3) is 0.571. The normalized spacial score (nSPS) is 11.8. The topological polar surface area (TPSA) is 67.1 Å². The third-order valence-corrected chi connectivity index (χ3v) is 4.76. The number of aromatic nitrogens is 3. The Morgan fingerprint density at radius 1 is 1.18 bits per heavy atom. The summed E-state index contributed by atoms with van der Waals surface area (Å²) in [5.41, 5.74) is 1.38. The first-order chi connectivity index (χ1) is 12.9. The van der Waals surface area contributed by atoms with Crippen molar-refractivity contribution in [2.45, 2.75) is 59.9 Å². The Hall–Kier alpha value is -1.64. The summed E-state index contributed by atoms with van der Waals surface area (Å²) in [6.45, 7) is 10.4. The van der Waals surface area contributed by atoms with Gasteiger partial charge in [0.25, 0.3) is 0 Å². The molecular weight excluding hydrogens is 463 g/mol. The zero-order valence-electron chi connectivity index (χ0n) is 17.8. The number of imidazole rings is 1. The van der Waals surface area contributed by atoms with Crippen LogP contribution in [-0.4, -0.2) is 34.1 Å². The van der Waals surface area contributed by atoms with Crippen LogP contribution in [0.3, 0.4) is 0 Å². The minimum atomic E-state index is 0. The Labute approximate surface area is 186 Å². The zero-order chi connectivity index (χ0) is 19.7. The fourth-order valence-electron chi connectivity index (χ4n) is 2.96. The van der Waals surface area contributed by atoms with E-state index in [1.807, 2.05) is 37.0 Å². The van der Waals surface area contributed by atoms with Gasteiger partial charge in [-0.3, -0.25) is 9.56 Å². The summed E-state index contributed by atoms with van der Waals surface area (Å²) in [5, 5.41) is 6.83. The lowest BCUT2D eigenvalue weighted by molar-refractivity contribution is 0.318. The van der Waals surface area contributed by atoms with E-state index < -0.39 is 0 Å². The summed E-state index contributed by atoms with van der Waals surface area (Å²) >= 11 is 0. The summed E-state index contributed by atoms with van der Waals surface area (Å²) in [6, 6.07) is 4.09. The predicted octanol–water partition coefficient (Wildman–Crippen LogP) is 4.47. The van der Waals surface area contributed by atoms with Crippen molar-refractivity contribution in [3.05, 3.63) is 42.1 Å². The van der Waals surface area contributed by atoms with Crippen LogP contribution in [-0.2, 0) is 6.54 Å². The van der Waals surface area contributed by atoms with Crippen LogP contribution in [0.4, 0.5) is 0 Å². The van der Waals surface area contributed by atoms with Crippen molar-refractivity contribution in [2.24, 2.45) is 10.4 Å². The number of nitrogens with zero attached hydrogens (tertiary/aromatic N) is 4. The van der Waals surface area contributed by atoms with Crippen LogP contribution in [0.5, 0.6) is 0 Å². The van der Waals surface area contributed by atoms with Gasteiger partial charge in [0.15, 0.2) is 5.96 Å². The summed E-state index contributed by atoms with van der Waals surface area (Å²) < 4.78 is 1.97. The lowest BCUT2D eigenvalue weighted by atomic mass is 9.87. The molecule has 6 nitrogen and oxygen atoms in total. The average molecular weight is 498 g/mol. The molecule has 0 aliphatic carbocycles. The Morgan fingerprint density at radius 3 is 2.54 bits per heavy atom. The van der Waals surface area contributed by atoms with E-state index in [-0.39, 0.29) is 29.4 Å². The van der Waals surface area contributed by atoms with Crippen molar-refractivity contribution in [2.75, 3.05) is 13.6 Å². The molecule has 0 amide bonds. The number of hydrogen-bond donors (Lipinski definition) is 2. The average Bonchev–Trinajstić information content (AvgIpc) is 3.08. The van der Waals surface area contributed by atoms with Crippen LogP contribution in [0.15, 0.2) is 35.7 Å². The first-order valence-electron chi connectivity index (χ1n) is 9.85. The summed E-state index contributed by atoms with van der Waals surface area (Å²) in [7, 11) is 1.81. The number of aliphatic imine (C=N–C) groups is 1. The number of pyridine rings is 1. The fourth-order valence-corrected chi connectivity index (χ4v) is 2.96. The quantitative estimate of drug-likeness (QED) is 0.232. The molecule has 0 aromatic carbocycles. The molecule has 0 aliphatic rings. The summed E-state index contributed by atoms with van der Waals surface area (Å²) in [5.74, 6) is 2.64. The molecule has 0 spiro atoms. The first kappa shape index (κ1) is 24.4. The SMILES string of the molecule is CCCCCC(C)(C)CNC(=NC)NCc1ccc(-n2ccnc2C)nc1.I. The van der Waals surface area contributed by atoms with Gasteiger partial charge in [0, 0.05) is 38.7 Å². The molecule has 2 heterocycles. The molecule has 0 saturated carbocycles. The minimum Gasteiger partial charge on any atom is -0.356 e. The maximum atomic E-state index is 4.54. The van der Waals surface area contributed by atoms with Crippen LogP contribution in [0.1, 0.15) is 57.8 Å². The van der Waals surface area contributed by atoms with Crippen LogP contribution in [0, 0.1) is 12.3 Å². The maximum Gasteiger partial charge on any atom is 0.191 e. The van der Waals surface area contributed by atoms with Crippen LogP contribution in [0.25, 0.3) is 5.82 Å². The van der Waals surface area contributed by atoms with Crippen molar-refractivity contribution >= 4 is 29.9 Å². The van der Waals surface area contributed by atoms with Crippen LogP contribution in [0.2, 0.25) is 0 Å². The molecule has 7 heteroatoms. The Bertz CT molecular complexity index is 721. The lowest BCUT2D eigenvalue weighted by Crippen LogP contribution is -2.41. The molecular formula is C21H35IN6. The third kappa shape index (κ3) is 7.77. The molecule has 28 heavy (non-hydrogen) atoms. The van der Waals surface area contributed by atoms with Gasteiger partial charge in [0.2, 0.25) is 0 Å². The molecule has 0 atom stereocenters. The van der Waals surface area contributed by atoms with Crippen molar-refractivity contribution in [3.8, 4) is 5.82 Å². The second-order valence-electron chi connectivity index (χ2n) is 7.77. The van der Waals surface area contributed by atoms with Crippen LogP contribution < -0.4 is 10.6 Å². The van der Waals surface area contributed by atoms with Crippen molar-refractivity contribution in [1.82, 2.24) is 25.2 Å². The van der Waals surface area contributed by atoms with Gasteiger partial charge in [0.05, 0.1) is 0 Å². The van der Waals surface area contributed by atoms with Gasteiger partial charge in [-0.1, -0.05) is 46.1 Å². The Morgan fingerprint density at radius 2 is 1.96 bits per heavy atom. The summed E-state index contributed by atoms with van der Waals surface area (Å²) in [4.78, 5) is 13.1. The highest BCUT2D eigenvalue weighted by Crippen LogP contribution is 2.22. The molecule has 0 fully saturated rings. The van der Waals surface area contributed by atoms with E-state index in [9.17, 15) is 0 Å². The number of unbranched alkanes of at least 4 members (excludes halogenated alkanes) is 2. The number of hydrogen-bond acceptors (Lipinski definition) is 3. The molecule has 0 unspecified atom stereocenters. The van der Waals surface area contributed by atoms with Gasteiger partial charge >= 0.3 is 0 Å². The van der Waals surface area contributed by atoms with E-state index in [2.05, 4.69) is 52.4 Å². The highest BCUT2D eigenvalue weighted by Gasteiger charge is 2.17. The van der Waals surface area contributed by atoms with Crippen molar-refractivity contribution in [1.29, 1.82) is 0 Å². The molecule has 0 saturated heterocycles. The maximum absolute atomic E-state index is 4.54. The Balaban J connectivity index is 0.00000392. The second-order valence-corrected chi connectivity index (χ2v) is 7.77. The highest BCUT2D eigenvalue weighted by molar-refractivity contribution is 14.0. The van der Waals surface area contributed by atoms with Crippen LogP contribution >= 0.6 is 24.0 Å². The van der Waals surface area contributed by atoms with Gasteiger partial charge in [-0.2, -0.15) is 0 Å². The summed E-state index contributed by atoms with van der Waals surface area (Å²) in [6.07, 6.45) is 10.7. The molecule has 2 aromatic rings. The van der Waals surface area contributed by atoms with E-state index in [0.717, 1.165) is 29.7 Å². The molecule has 2 N–H and O–H groups in total. The van der Waals surface area contributed by atoms with Crippen molar-refractivity contribution < 1.29 is 0 Å². The number of nitrogens with one attached hydrogen (secondary N) is 2. The monoisotopic (exact) mass is 498 g/mol. The van der Waals surface area contributed by atoms with Gasteiger partial charge in [-0.15, -0.1) is 24.0 Å². The molecule has 0 aliphatic heterocycles. The van der Waals surface area contributed by atoms with Gasteiger partial charge in [-0.05, 0) is 30.4 Å². The van der Waals surface area contributed by atoms with E-state index in [1.54, 1.807) is 6.20 Å². The second kappa shape index (κ2) is 12.0. The molecule has 0 bridgehead atoms. The number of rotatable bonds is 9. The largest absolute Gasteiger partial charge is 0.356 e. The smallest absolute Gasteiger partial charge is 0.191 e. The molecule has 0 radical (unpaired) electrons. The van der Waals surface area contributed by atoms with Gasteiger partial charge in [0.1, 0.15) is 11.6 Å². The number of halogens is 1. The van der Waals surface area contributed by atoms with Gasteiger partial charge in [-0.25, -0.2) is 9.97 Å². The highest BCUT2D eigenvalue weighted by atomic mass is 127. The standard InChI is InChI=1S/C21H34N6.HI/c1-6-7-8-11-21(3,4)16-26-20(22-5)25-15-18-9-10-19(24-14-18)27-13-12-23-17(27)2;/h9-10,12-14H,6-8,11,15-16H2,1-5H3,(H2,22,25,26);1H. The van der Waals surface area contributed by atoms with E-state index in [1.165, 1.54) is 25.7 Å². The van der Waals surface area contributed by atoms with E-state index >= 15 is 0 Å². The molecule has 2 rings (SSSR count). The van der Waals surface area contributed by atoms with Crippen molar-refractivity contribution in [3.63, 3.8) is 0 Å². The van der Waals surface area contributed by atoms with E-state index in [0.29, 0.717) is 6.54 Å². The molecule has 156 valence electrons. The first-order valence-corrected chi connectivity index (χ1v) is 9.85.